The van der Waals surface area contributed by atoms with Gasteiger partial charge < -0.3 is 10.6 Å². The van der Waals surface area contributed by atoms with E-state index in [1.165, 1.54) is 0 Å². The lowest BCUT2D eigenvalue weighted by Crippen LogP contribution is -2.33. The monoisotopic (exact) mass is 366 g/mol. The molecule has 0 spiro atoms. The molecule has 0 unspecified atom stereocenters. The second-order valence-electron chi connectivity index (χ2n) is 7.11. The normalized spacial score (nSPS) is 17.6. The van der Waals surface area contributed by atoms with Gasteiger partial charge in [-0.3, -0.25) is 4.90 Å². The molecule has 0 radical (unpaired) electrons. The molecule has 8 nitrogen and oxygen atoms in total. The third kappa shape index (κ3) is 4.31. The van der Waals surface area contributed by atoms with Gasteiger partial charge in [0.05, 0.1) is 12.2 Å². The highest BCUT2D eigenvalue weighted by Gasteiger charge is 2.24. The summed E-state index contributed by atoms with van der Waals surface area (Å²) in [5, 5.41) is 18.1. The fraction of sp³-hybridized carbons (Fsp3) is 0.526. The van der Waals surface area contributed by atoms with Crippen LogP contribution in [0.15, 0.2) is 12.3 Å². The van der Waals surface area contributed by atoms with Crippen LogP contribution in [0.25, 0.3) is 0 Å². The van der Waals surface area contributed by atoms with Gasteiger partial charge in [0.2, 0.25) is 0 Å². The zero-order valence-electron chi connectivity index (χ0n) is 16.2. The molecule has 3 heterocycles. The van der Waals surface area contributed by atoms with Crippen LogP contribution in [0.5, 0.6) is 0 Å². The first-order chi connectivity index (χ1) is 13.0. The Morgan fingerprint density at radius 1 is 1.30 bits per heavy atom. The molecule has 0 aromatic carbocycles. The van der Waals surface area contributed by atoms with E-state index in [4.69, 9.17) is 5.73 Å². The van der Waals surface area contributed by atoms with Gasteiger partial charge in [-0.15, -0.1) is 5.10 Å². The number of rotatable bonds is 4. The first kappa shape index (κ1) is 19.0. The summed E-state index contributed by atoms with van der Waals surface area (Å²) in [5.74, 6) is 1.95. The van der Waals surface area contributed by atoms with Crippen molar-refractivity contribution in [2.45, 2.75) is 45.7 Å². The molecule has 0 bridgehead atoms. The number of aryl methyl sites for hydroxylation is 1. The number of aromatic nitrogens is 4. The van der Waals surface area contributed by atoms with Crippen LogP contribution < -0.4 is 10.6 Å². The van der Waals surface area contributed by atoms with Crippen molar-refractivity contribution in [1.82, 2.24) is 25.1 Å². The van der Waals surface area contributed by atoms with Gasteiger partial charge in [-0.25, -0.2) is 9.97 Å². The minimum atomic E-state index is 0.421. The molecule has 0 aliphatic carbocycles. The number of anilines is 2. The summed E-state index contributed by atoms with van der Waals surface area (Å²) in [4.78, 5) is 13.1. The molecule has 142 valence electrons. The van der Waals surface area contributed by atoms with E-state index in [1.54, 1.807) is 12.3 Å². The van der Waals surface area contributed by atoms with Gasteiger partial charge in [0.15, 0.2) is 5.82 Å². The highest BCUT2D eigenvalue weighted by molar-refractivity contribution is 5.57. The van der Waals surface area contributed by atoms with Crippen molar-refractivity contribution in [3.63, 3.8) is 0 Å². The van der Waals surface area contributed by atoms with Crippen molar-refractivity contribution < 1.29 is 0 Å². The van der Waals surface area contributed by atoms with Crippen LogP contribution in [-0.4, -0.2) is 51.2 Å². The minimum absolute atomic E-state index is 0.421. The van der Waals surface area contributed by atoms with Crippen molar-refractivity contribution in [3.8, 4) is 6.07 Å². The van der Waals surface area contributed by atoms with Crippen LogP contribution in [0.2, 0.25) is 0 Å². The molecule has 2 N–H and O–H groups in total. The Morgan fingerprint density at radius 3 is 2.85 bits per heavy atom. The number of hydrogen-bond donors (Lipinski definition) is 1. The summed E-state index contributed by atoms with van der Waals surface area (Å²) >= 11 is 0. The molecule has 1 saturated heterocycles. The van der Waals surface area contributed by atoms with Gasteiger partial charge in [-0.2, -0.15) is 10.4 Å². The molecule has 1 fully saturated rings. The fourth-order valence-corrected chi connectivity index (χ4v) is 3.53. The molecule has 1 aliphatic rings. The van der Waals surface area contributed by atoms with Crippen LogP contribution in [0, 0.1) is 25.2 Å². The van der Waals surface area contributed by atoms with Crippen molar-refractivity contribution in [2.75, 3.05) is 30.8 Å². The van der Waals surface area contributed by atoms with E-state index in [1.807, 2.05) is 13.8 Å². The first-order valence-corrected chi connectivity index (χ1v) is 9.26. The third-order valence-corrected chi connectivity index (χ3v) is 5.29. The second-order valence-corrected chi connectivity index (χ2v) is 7.11. The van der Waals surface area contributed by atoms with E-state index >= 15 is 0 Å². The molecule has 3 rings (SSSR count). The Balaban J connectivity index is 1.69. The summed E-state index contributed by atoms with van der Waals surface area (Å²) in [5.41, 5.74) is 8.12. The Bertz CT molecular complexity index is 844. The van der Waals surface area contributed by atoms with Gasteiger partial charge in [-0.1, -0.05) is 0 Å². The van der Waals surface area contributed by atoms with Crippen molar-refractivity contribution in [3.05, 3.63) is 34.9 Å². The molecule has 27 heavy (non-hydrogen) atoms. The van der Waals surface area contributed by atoms with Gasteiger partial charge in [-0.05, 0) is 51.8 Å². The van der Waals surface area contributed by atoms with Crippen molar-refractivity contribution >= 4 is 11.6 Å². The van der Waals surface area contributed by atoms with Crippen molar-refractivity contribution in [2.24, 2.45) is 0 Å². The lowest BCUT2D eigenvalue weighted by Gasteiger charge is -2.27. The zero-order valence-corrected chi connectivity index (χ0v) is 16.2. The van der Waals surface area contributed by atoms with E-state index in [0.29, 0.717) is 29.8 Å². The smallest absolute Gasteiger partial charge is 0.169 e. The molecular formula is C19H26N8. The van der Waals surface area contributed by atoms with Crippen LogP contribution >= 0.6 is 0 Å². The van der Waals surface area contributed by atoms with E-state index < -0.39 is 0 Å². The lowest BCUT2D eigenvalue weighted by atomic mass is 10.1. The maximum Gasteiger partial charge on any atom is 0.169 e. The molecule has 1 aliphatic heterocycles. The van der Waals surface area contributed by atoms with Crippen LogP contribution in [0.3, 0.4) is 0 Å². The second kappa shape index (κ2) is 8.27. The van der Waals surface area contributed by atoms with E-state index in [0.717, 1.165) is 49.4 Å². The summed E-state index contributed by atoms with van der Waals surface area (Å²) < 4.78 is 0. The van der Waals surface area contributed by atoms with Gasteiger partial charge in [0.1, 0.15) is 23.3 Å². The molecular weight excluding hydrogens is 340 g/mol. The topological polar surface area (TPSA) is 108 Å². The van der Waals surface area contributed by atoms with E-state index in [2.05, 4.69) is 43.1 Å². The molecule has 2 aromatic heterocycles. The molecule has 1 atom stereocenters. The number of nitrogens with zero attached hydrogens (tertiary/aromatic N) is 7. The summed E-state index contributed by atoms with van der Waals surface area (Å²) in [6.07, 6.45) is 4.79. The van der Waals surface area contributed by atoms with Crippen LogP contribution in [-0.2, 0) is 6.54 Å². The molecule has 0 saturated carbocycles. The number of nitrogen functional groups attached to an aromatic ring is 1. The number of nitrogens with two attached hydrogens (primary N) is 1. The highest BCUT2D eigenvalue weighted by Crippen LogP contribution is 2.25. The van der Waals surface area contributed by atoms with E-state index in [9.17, 15) is 5.26 Å². The Hall–Kier alpha value is -2.79. The standard InChI is InChI=1S/C19H26N8/c1-13-14(2)24-25-19(16(13)11-20)27-9-4-5-15(7-10-27)26(3)12-18-22-8-6-17(21)23-18/h6,8,15H,4-5,7,9-10,12H2,1-3H3,(H2,21,22,23)/t15-/m0/s1. The minimum Gasteiger partial charge on any atom is -0.384 e. The molecule has 8 heteroatoms. The van der Waals surface area contributed by atoms with Crippen LogP contribution in [0.1, 0.15) is 41.9 Å². The average Bonchev–Trinajstić information content (AvgIpc) is 2.90. The summed E-state index contributed by atoms with van der Waals surface area (Å²) in [6.45, 7) is 6.22. The van der Waals surface area contributed by atoms with Crippen LogP contribution in [0.4, 0.5) is 11.6 Å². The summed E-state index contributed by atoms with van der Waals surface area (Å²) in [6, 6.07) is 4.43. The lowest BCUT2D eigenvalue weighted by molar-refractivity contribution is 0.212. The zero-order chi connectivity index (χ0) is 19.4. The predicted octanol–water partition coefficient (Wildman–Crippen LogP) is 1.83. The Morgan fingerprint density at radius 2 is 2.11 bits per heavy atom. The largest absolute Gasteiger partial charge is 0.384 e. The maximum atomic E-state index is 9.57. The predicted molar refractivity (Wildman–Crippen MR) is 104 cm³/mol. The fourth-order valence-electron chi connectivity index (χ4n) is 3.53. The van der Waals surface area contributed by atoms with Gasteiger partial charge in [0.25, 0.3) is 0 Å². The van der Waals surface area contributed by atoms with Gasteiger partial charge in [0, 0.05) is 25.3 Å². The molecule has 2 aromatic rings. The first-order valence-electron chi connectivity index (χ1n) is 9.26. The quantitative estimate of drug-likeness (QED) is 0.873. The van der Waals surface area contributed by atoms with Gasteiger partial charge >= 0.3 is 0 Å². The highest BCUT2D eigenvalue weighted by atomic mass is 15.3. The van der Waals surface area contributed by atoms with Crippen molar-refractivity contribution in [1.29, 1.82) is 5.26 Å². The Labute approximate surface area is 160 Å². The average molecular weight is 366 g/mol. The SMILES string of the molecule is Cc1nnc(N2CCC[C@H](N(C)Cc3nccc(N)n3)CC2)c(C#N)c1C. The number of hydrogen-bond acceptors (Lipinski definition) is 8. The third-order valence-electron chi connectivity index (χ3n) is 5.29. The van der Waals surface area contributed by atoms with E-state index in [-0.39, 0.29) is 0 Å². The molecule has 0 amide bonds. The Kier molecular flexibility index (Phi) is 5.81. The summed E-state index contributed by atoms with van der Waals surface area (Å²) in [7, 11) is 2.10. The maximum absolute atomic E-state index is 9.57. The number of nitriles is 1.